The molecular weight excluding hydrogens is 210 g/mol. The molecule has 1 rings (SSSR count). The van der Waals surface area contributed by atoms with Crippen LogP contribution >= 0.6 is 0 Å². The zero-order valence-electron chi connectivity index (χ0n) is 9.83. The van der Waals surface area contributed by atoms with Gasteiger partial charge in [-0.15, -0.1) is 0 Å². The molecule has 0 aromatic rings. The van der Waals surface area contributed by atoms with Gasteiger partial charge in [-0.25, -0.2) is 8.42 Å². The second-order valence-electron chi connectivity index (χ2n) is 4.66. The van der Waals surface area contributed by atoms with Gasteiger partial charge < -0.3 is 5.32 Å². The summed E-state index contributed by atoms with van der Waals surface area (Å²) in [6.45, 7) is 4.35. The van der Waals surface area contributed by atoms with Crippen molar-refractivity contribution in [1.29, 1.82) is 0 Å². The van der Waals surface area contributed by atoms with Crippen molar-refractivity contribution in [2.45, 2.75) is 58.0 Å². The standard InChI is InChI=1S/C11H23NO2S/c1-3-4-5-6-10(2)12-11-7-8-15(13,14)9-11/h10-12H,3-9H2,1-2H3. The molecule has 1 heterocycles. The van der Waals surface area contributed by atoms with Gasteiger partial charge in [-0.3, -0.25) is 0 Å². The third-order valence-electron chi connectivity index (χ3n) is 2.99. The van der Waals surface area contributed by atoms with Crippen LogP contribution in [0.5, 0.6) is 0 Å². The third kappa shape index (κ3) is 4.98. The van der Waals surface area contributed by atoms with Gasteiger partial charge in [0.05, 0.1) is 11.5 Å². The van der Waals surface area contributed by atoms with Gasteiger partial charge in [0.1, 0.15) is 0 Å². The molecule has 0 spiro atoms. The Morgan fingerprint density at radius 3 is 2.67 bits per heavy atom. The van der Waals surface area contributed by atoms with Gasteiger partial charge in [-0.05, 0) is 19.8 Å². The summed E-state index contributed by atoms with van der Waals surface area (Å²) < 4.78 is 22.5. The van der Waals surface area contributed by atoms with Gasteiger partial charge in [-0.1, -0.05) is 26.2 Å². The van der Waals surface area contributed by atoms with Crippen LogP contribution in [-0.4, -0.2) is 32.0 Å². The van der Waals surface area contributed by atoms with Crippen LogP contribution in [0.25, 0.3) is 0 Å². The van der Waals surface area contributed by atoms with E-state index >= 15 is 0 Å². The molecular formula is C11H23NO2S. The monoisotopic (exact) mass is 233 g/mol. The van der Waals surface area contributed by atoms with Crippen molar-refractivity contribution < 1.29 is 8.42 Å². The highest BCUT2D eigenvalue weighted by Crippen LogP contribution is 2.13. The van der Waals surface area contributed by atoms with Gasteiger partial charge >= 0.3 is 0 Å². The Balaban J connectivity index is 2.19. The molecule has 0 aromatic carbocycles. The van der Waals surface area contributed by atoms with Crippen LogP contribution in [0.2, 0.25) is 0 Å². The van der Waals surface area contributed by atoms with E-state index in [1.165, 1.54) is 19.3 Å². The molecule has 90 valence electrons. The number of hydrogen-bond donors (Lipinski definition) is 1. The highest BCUT2D eigenvalue weighted by Gasteiger charge is 2.28. The Kier molecular flexibility index (Phi) is 5.06. The minimum absolute atomic E-state index is 0.201. The topological polar surface area (TPSA) is 46.2 Å². The summed E-state index contributed by atoms with van der Waals surface area (Å²) in [6, 6.07) is 0.654. The minimum atomic E-state index is -2.73. The Labute approximate surface area is 93.6 Å². The fourth-order valence-electron chi connectivity index (χ4n) is 2.11. The van der Waals surface area contributed by atoms with Gasteiger partial charge in [0.25, 0.3) is 0 Å². The molecule has 0 bridgehead atoms. The van der Waals surface area contributed by atoms with Gasteiger partial charge in [0.15, 0.2) is 9.84 Å². The Morgan fingerprint density at radius 1 is 1.40 bits per heavy atom. The Morgan fingerprint density at radius 2 is 2.13 bits per heavy atom. The second kappa shape index (κ2) is 5.85. The van der Waals surface area contributed by atoms with E-state index in [1.54, 1.807) is 0 Å². The first-order valence-corrected chi connectivity index (χ1v) is 7.82. The summed E-state index contributed by atoms with van der Waals surface area (Å²) in [5.41, 5.74) is 0. The van der Waals surface area contributed by atoms with Crippen LogP contribution in [0.15, 0.2) is 0 Å². The van der Waals surface area contributed by atoms with Crippen LogP contribution in [0.3, 0.4) is 0 Å². The average molecular weight is 233 g/mol. The lowest BCUT2D eigenvalue weighted by Gasteiger charge is -2.18. The Bertz CT molecular complexity index is 274. The van der Waals surface area contributed by atoms with Crippen LogP contribution in [0.4, 0.5) is 0 Å². The van der Waals surface area contributed by atoms with Crippen LogP contribution < -0.4 is 5.32 Å². The highest BCUT2D eigenvalue weighted by atomic mass is 32.2. The lowest BCUT2D eigenvalue weighted by molar-refractivity contribution is 0.435. The van der Waals surface area contributed by atoms with Crippen molar-refractivity contribution in [1.82, 2.24) is 5.32 Å². The number of nitrogens with one attached hydrogen (secondary N) is 1. The predicted octanol–water partition coefficient (Wildman–Crippen LogP) is 1.73. The van der Waals surface area contributed by atoms with Gasteiger partial charge in [0, 0.05) is 12.1 Å². The summed E-state index contributed by atoms with van der Waals surface area (Å²) >= 11 is 0. The molecule has 2 unspecified atom stereocenters. The average Bonchev–Trinajstić information content (AvgIpc) is 2.46. The number of rotatable bonds is 6. The summed E-state index contributed by atoms with van der Waals surface area (Å²) in [5.74, 6) is 0.706. The second-order valence-corrected chi connectivity index (χ2v) is 6.89. The molecule has 3 nitrogen and oxygen atoms in total. The maximum absolute atomic E-state index is 11.2. The molecule has 1 fully saturated rings. The summed E-state index contributed by atoms with van der Waals surface area (Å²) in [7, 11) is -2.73. The molecule has 1 aliphatic heterocycles. The zero-order valence-corrected chi connectivity index (χ0v) is 10.6. The molecule has 0 aromatic heterocycles. The molecule has 0 radical (unpaired) electrons. The van der Waals surface area contributed by atoms with Crippen molar-refractivity contribution in [2.24, 2.45) is 0 Å². The molecule has 1 aliphatic rings. The largest absolute Gasteiger partial charge is 0.310 e. The first kappa shape index (κ1) is 13.0. The fraction of sp³-hybridized carbons (Fsp3) is 1.00. The highest BCUT2D eigenvalue weighted by molar-refractivity contribution is 7.91. The molecule has 0 aliphatic carbocycles. The van der Waals surface area contributed by atoms with E-state index in [9.17, 15) is 8.42 Å². The minimum Gasteiger partial charge on any atom is -0.310 e. The first-order valence-electron chi connectivity index (χ1n) is 6.00. The summed E-state index contributed by atoms with van der Waals surface area (Å²) in [4.78, 5) is 0. The normalized spacial score (nSPS) is 26.7. The molecule has 0 amide bonds. The third-order valence-corrected chi connectivity index (χ3v) is 4.76. The SMILES string of the molecule is CCCCCC(C)NC1CCS(=O)(=O)C1. The zero-order chi connectivity index (χ0) is 11.3. The molecule has 15 heavy (non-hydrogen) atoms. The van der Waals surface area contributed by atoms with E-state index < -0.39 is 9.84 Å². The maximum atomic E-state index is 11.2. The van der Waals surface area contributed by atoms with E-state index in [0.717, 1.165) is 12.8 Å². The molecule has 1 N–H and O–H groups in total. The summed E-state index contributed by atoms with van der Waals surface area (Å²) in [5, 5.41) is 3.41. The van der Waals surface area contributed by atoms with Gasteiger partial charge in [-0.2, -0.15) is 0 Å². The fourth-order valence-corrected chi connectivity index (χ4v) is 3.80. The van der Waals surface area contributed by atoms with E-state index in [2.05, 4.69) is 19.2 Å². The van der Waals surface area contributed by atoms with Crippen molar-refractivity contribution in [3.8, 4) is 0 Å². The van der Waals surface area contributed by atoms with Gasteiger partial charge in [0.2, 0.25) is 0 Å². The molecule has 2 atom stereocenters. The van der Waals surface area contributed by atoms with Crippen LogP contribution in [-0.2, 0) is 9.84 Å². The lowest BCUT2D eigenvalue weighted by atomic mass is 10.1. The molecule has 0 saturated carbocycles. The predicted molar refractivity (Wildman–Crippen MR) is 63.8 cm³/mol. The quantitative estimate of drug-likeness (QED) is 0.711. The van der Waals surface area contributed by atoms with E-state index in [1.807, 2.05) is 0 Å². The number of sulfone groups is 1. The first-order chi connectivity index (χ1) is 7.03. The van der Waals surface area contributed by atoms with Crippen LogP contribution in [0, 0.1) is 0 Å². The Hall–Kier alpha value is -0.0900. The van der Waals surface area contributed by atoms with E-state index in [0.29, 0.717) is 17.5 Å². The van der Waals surface area contributed by atoms with Crippen molar-refractivity contribution in [3.63, 3.8) is 0 Å². The lowest BCUT2D eigenvalue weighted by Crippen LogP contribution is -2.37. The molecule has 1 saturated heterocycles. The number of hydrogen-bond acceptors (Lipinski definition) is 3. The number of unbranched alkanes of at least 4 members (excludes halogenated alkanes) is 2. The van der Waals surface area contributed by atoms with Crippen molar-refractivity contribution in [2.75, 3.05) is 11.5 Å². The maximum Gasteiger partial charge on any atom is 0.151 e. The van der Waals surface area contributed by atoms with Crippen molar-refractivity contribution >= 4 is 9.84 Å². The van der Waals surface area contributed by atoms with E-state index in [4.69, 9.17) is 0 Å². The summed E-state index contributed by atoms with van der Waals surface area (Å²) in [6.07, 6.45) is 5.70. The van der Waals surface area contributed by atoms with Crippen molar-refractivity contribution in [3.05, 3.63) is 0 Å². The smallest absolute Gasteiger partial charge is 0.151 e. The molecule has 4 heteroatoms. The van der Waals surface area contributed by atoms with E-state index in [-0.39, 0.29) is 6.04 Å². The van der Waals surface area contributed by atoms with Crippen LogP contribution in [0.1, 0.15) is 46.0 Å².